The Kier molecular flexibility index (Phi) is 4.83. The fourth-order valence-corrected chi connectivity index (χ4v) is 1.96. The van der Waals surface area contributed by atoms with Crippen LogP contribution in [0.15, 0.2) is 4.52 Å². The lowest BCUT2D eigenvalue weighted by Crippen LogP contribution is -2.42. The van der Waals surface area contributed by atoms with E-state index in [0.29, 0.717) is 25.6 Å². The van der Waals surface area contributed by atoms with Gasteiger partial charge in [0.15, 0.2) is 0 Å². The van der Waals surface area contributed by atoms with Gasteiger partial charge in [0.25, 0.3) is 11.7 Å². The highest BCUT2D eigenvalue weighted by atomic mass is 16.5. The molecule has 0 spiro atoms. The fourth-order valence-electron chi connectivity index (χ4n) is 1.96. The van der Waals surface area contributed by atoms with E-state index >= 15 is 0 Å². The average molecular weight is 270 g/mol. The van der Waals surface area contributed by atoms with E-state index in [4.69, 9.17) is 19.7 Å². The molecule has 1 aromatic rings. The number of aromatic nitrogens is 2. The Morgan fingerprint density at radius 3 is 3.16 bits per heavy atom. The van der Waals surface area contributed by atoms with Crippen molar-refractivity contribution in [3.8, 4) is 0 Å². The summed E-state index contributed by atoms with van der Waals surface area (Å²) >= 11 is 0. The number of morpholine rings is 1. The molecule has 2 N–H and O–H groups in total. The number of nitrogens with zero attached hydrogens (tertiary/aromatic N) is 3. The zero-order valence-electron chi connectivity index (χ0n) is 10.9. The molecule has 1 atom stereocenters. The largest absolute Gasteiger partial charge is 0.385 e. The molecular formula is C11H18N4O4. The molecule has 19 heavy (non-hydrogen) atoms. The maximum atomic E-state index is 10.9. The number of methoxy groups -OCH3 is 1. The standard InChI is InChI=1S/C11H18N4O4/c1-17-4-2-8-6-15(3-5-18-8)7-9-13-11(10(12)16)14-19-9/h8H,2-7H2,1H3,(H2,12,16). The number of rotatable bonds is 6. The second-order valence-electron chi connectivity index (χ2n) is 4.39. The van der Waals surface area contributed by atoms with Crippen LogP contribution >= 0.6 is 0 Å². The second kappa shape index (κ2) is 6.60. The number of amides is 1. The van der Waals surface area contributed by atoms with Crippen molar-refractivity contribution in [2.24, 2.45) is 5.73 Å². The topological polar surface area (TPSA) is 104 Å². The molecular weight excluding hydrogens is 252 g/mol. The summed E-state index contributed by atoms with van der Waals surface area (Å²) in [5, 5.41) is 3.51. The number of ether oxygens (including phenoxy) is 2. The molecule has 0 saturated carbocycles. The Balaban J connectivity index is 1.85. The summed E-state index contributed by atoms with van der Waals surface area (Å²) in [4.78, 5) is 16.9. The van der Waals surface area contributed by atoms with E-state index in [2.05, 4.69) is 15.0 Å². The van der Waals surface area contributed by atoms with Crippen molar-refractivity contribution in [1.82, 2.24) is 15.0 Å². The van der Waals surface area contributed by atoms with E-state index < -0.39 is 5.91 Å². The molecule has 1 aliphatic heterocycles. The van der Waals surface area contributed by atoms with Gasteiger partial charge in [-0.1, -0.05) is 5.16 Å². The Morgan fingerprint density at radius 1 is 1.63 bits per heavy atom. The monoisotopic (exact) mass is 270 g/mol. The molecule has 2 rings (SSSR count). The highest BCUT2D eigenvalue weighted by Gasteiger charge is 2.22. The van der Waals surface area contributed by atoms with Crippen LogP contribution in [0.5, 0.6) is 0 Å². The number of hydrogen-bond donors (Lipinski definition) is 1. The zero-order valence-corrected chi connectivity index (χ0v) is 10.9. The van der Waals surface area contributed by atoms with Crippen molar-refractivity contribution in [3.63, 3.8) is 0 Å². The van der Waals surface area contributed by atoms with Gasteiger partial charge in [-0.15, -0.1) is 0 Å². The summed E-state index contributed by atoms with van der Waals surface area (Å²) < 4.78 is 15.6. The van der Waals surface area contributed by atoms with Crippen LogP contribution in [0.25, 0.3) is 0 Å². The molecule has 106 valence electrons. The molecule has 1 aliphatic rings. The third kappa shape index (κ3) is 3.98. The number of carbonyl (C=O) groups excluding carboxylic acids is 1. The Bertz CT molecular complexity index is 423. The van der Waals surface area contributed by atoms with Gasteiger partial charge in [-0.25, -0.2) is 0 Å². The molecule has 8 nitrogen and oxygen atoms in total. The van der Waals surface area contributed by atoms with Crippen molar-refractivity contribution in [3.05, 3.63) is 11.7 Å². The minimum Gasteiger partial charge on any atom is -0.385 e. The van der Waals surface area contributed by atoms with E-state index in [1.54, 1.807) is 7.11 Å². The normalized spacial score (nSPS) is 20.6. The van der Waals surface area contributed by atoms with Crippen molar-refractivity contribution < 1.29 is 18.8 Å². The second-order valence-corrected chi connectivity index (χ2v) is 4.39. The Morgan fingerprint density at radius 2 is 2.47 bits per heavy atom. The summed E-state index contributed by atoms with van der Waals surface area (Å²) in [6.07, 6.45) is 0.996. The van der Waals surface area contributed by atoms with Gasteiger partial charge in [-0.2, -0.15) is 4.98 Å². The van der Waals surface area contributed by atoms with E-state index in [1.165, 1.54) is 0 Å². The molecule has 0 aliphatic carbocycles. The molecule has 1 amide bonds. The Hall–Kier alpha value is -1.51. The highest BCUT2D eigenvalue weighted by Crippen LogP contribution is 2.11. The first-order valence-electron chi connectivity index (χ1n) is 6.14. The molecule has 0 aromatic carbocycles. The predicted octanol–water partition coefficient (Wildman–Crippen LogP) is -0.594. The van der Waals surface area contributed by atoms with Crippen molar-refractivity contribution >= 4 is 5.91 Å². The summed E-state index contributed by atoms with van der Waals surface area (Å²) in [6.45, 7) is 3.39. The first-order valence-corrected chi connectivity index (χ1v) is 6.14. The molecule has 1 unspecified atom stereocenters. The number of hydrogen-bond acceptors (Lipinski definition) is 7. The lowest BCUT2D eigenvalue weighted by atomic mass is 10.2. The molecule has 2 heterocycles. The number of nitrogens with two attached hydrogens (primary N) is 1. The van der Waals surface area contributed by atoms with Crippen molar-refractivity contribution in [2.75, 3.05) is 33.4 Å². The van der Waals surface area contributed by atoms with E-state index in [1.807, 2.05) is 0 Å². The molecule has 1 saturated heterocycles. The number of primary amides is 1. The van der Waals surface area contributed by atoms with Gasteiger partial charge in [0.2, 0.25) is 5.89 Å². The average Bonchev–Trinajstić information content (AvgIpc) is 2.85. The summed E-state index contributed by atoms with van der Waals surface area (Å²) in [5.74, 6) is -0.379. The highest BCUT2D eigenvalue weighted by molar-refractivity contribution is 5.88. The van der Waals surface area contributed by atoms with Crippen LogP contribution in [0.1, 0.15) is 22.9 Å². The summed E-state index contributed by atoms with van der Waals surface area (Å²) in [5.41, 5.74) is 5.07. The lowest BCUT2D eigenvalue weighted by Gasteiger charge is -2.31. The van der Waals surface area contributed by atoms with Gasteiger partial charge >= 0.3 is 0 Å². The fraction of sp³-hybridized carbons (Fsp3) is 0.727. The minimum atomic E-state index is -0.685. The smallest absolute Gasteiger partial charge is 0.290 e. The molecule has 0 bridgehead atoms. The van der Waals surface area contributed by atoms with E-state index in [-0.39, 0.29) is 11.9 Å². The Labute approximate surface area is 110 Å². The van der Waals surface area contributed by atoms with Crippen LogP contribution < -0.4 is 5.73 Å². The van der Waals surface area contributed by atoms with Crippen LogP contribution in [0.3, 0.4) is 0 Å². The first-order chi connectivity index (χ1) is 9.19. The van der Waals surface area contributed by atoms with Gasteiger partial charge in [0.05, 0.1) is 19.3 Å². The molecule has 1 fully saturated rings. The van der Waals surface area contributed by atoms with Gasteiger partial charge in [0, 0.05) is 26.8 Å². The SMILES string of the molecule is COCCC1CN(Cc2nc(C(N)=O)no2)CCO1. The third-order valence-electron chi connectivity index (χ3n) is 2.91. The maximum Gasteiger partial charge on any atom is 0.290 e. The zero-order chi connectivity index (χ0) is 13.7. The van der Waals surface area contributed by atoms with Crippen molar-refractivity contribution in [1.29, 1.82) is 0 Å². The molecule has 8 heteroatoms. The van der Waals surface area contributed by atoms with Gasteiger partial charge in [-0.3, -0.25) is 9.69 Å². The minimum absolute atomic E-state index is 0.0841. The van der Waals surface area contributed by atoms with Crippen LogP contribution in [0, 0.1) is 0 Å². The molecule has 0 radical (unpaired) electrons. The van der Waals surface area contributed by atoms with Crippen molar-refractivity contribution in [2.45, 2.75) is 19.1 Å². The van der Waals surface area contributed by atoms with Crippen LogP contribution in [0.2, 0.25) is 0 Å². The van der Waals surface area contributed by atoms with Gasteiger partial charge in [0.1, 0.15) is 0 Å². The number of carbonyl (C=O) groups is 1. The predicted molar refractivity (Wildman–Crippen MR) is 64.3 cm³/mol. The van der Waals surface area contributed by atoms with Gasteiger partial charge in [-0.05, 0) is 6.42 Å². The maximum absolute atomic E-state index is 10.9. The van der Waals surface area contributed by atoms with E-state index in [9.17, 15) is 4.79 Å². The third-order valence-corrected chi connectivity index (χ3v) is 2.91. The van der Waals surface area contributed by atoms with Crippen LogP contribution in [0.4, 0.5) is 0 Å². The van der Waals surface area contributed by atoms with Gasteiger partial charge < -0.3 is 19.7 Å². The lowest BCUT2D eigenvalue weighted by molar-refractivity contribution is -0.0455. The van der Waals surface area contributed by atoms with E-state index in [0.717, 1.165) is 19.5 Å². The first kappa shape index (κ1) is 13.9. The van der Waals surface area contributed by atoms with Crippen LogP contribution in [-0.2, 0) is 16.0 Å². The summed E-state index contributed by atoms with van der Waals surface area (Å²) in [6, 6.07) is 0. The quantitative estimate of drug-likeness (QED) is 0.736. The van der Waals surface area contributed by atoms with Crippen LogP contribution in [-0.4, -0.2) is 60.5 Å². The molecule has 1 aromatic heterocycles. The summed E-state index contributed by atoms with van der Waals surface area (Å²) in [7, 11) is 1.67.